The minimum absolute atomic E-state index is 0.0358. The third kappa shape index (κ3) is 2.97. The number of carbonyl (C=O) groups is 1. The fraction of sp³-hybridized carbons (Fsp3) is 0.300. The van der Waals surface area contributed by atoms with Gasteiger partial charge in [0, 0.05) is 31.0 Å². The maximum Gasteiger partial charge on any atom is 0.290 e. The number of aromatic nitrogens is 2. The molecule has 0 saturated carbocycles. The maximum absolute atomic E-state index is 13.1. The molecule has 0 bridgehead atoms. The highest BCUT2D eigenvalue weighted by molar-refractivity contribution is 5.98. The van der Waals surface area contributed by atoms with Crippen molar-refractivity contribution in [2.45, 2.75) is 25.8 Å². The zero-order valence-electron chi connectivity index (χ0n) is 14.3. The first-order valence-electron chi connectivity index (χ1n) is 8.65. The van der Waals surface area contributed by atoms with Crippen molar-refractivity contribution >= 4 is 5.91 Å². The van der Waals surface area contributed by atoms with E-state index >= 15 is 0 Å². The van der Waals surface area contributed by atoms with E-state index in [1.54, 1.807) is 6.26 Å². The van der Waals surface area contributed by atoms with E-state index in [9.17, 15) is 4.79 Å². The third-order valence-electron chi connectivity index (χ3n) is 4.88. The van der Waals surface area contributed by atoms with Crippen molar-refractivity contribution in [1.82, 2.24) is 14.5 Å². The first kappa shape index (κ1) is 15.7. The maximum atomic E-state index is 13.1. The number of amides is 1. The van der Waals surface area contributed by atoms with Crippen LogP contribution in [0, 0.1) is 6.92 Å². The van der Waals surface area contributed by atoms with Gasteiger partial charge >= 0.3 is 0 Å². The molecule has 0 radical (unpaired) electrons. The van der Waals surface area contributed by atoms with Crippen molar-refractivity contribution in [2.75, 3.05) is 13.1 Å². The number of carbonyl (C=O) groups excluding carboxylic acids is 1. The van der Waals surface area contributed by atoms with Crippen LogP contribution in [0.15, 0.2) is 59.5 Å². The Balaban J connectivity index is 1.58. The van der Waals surface area contributed by atoms with E-state index < -0.39 is 0 Å². The fourth-order valence-electron chi connectivity index (χ4n) is 3.60. The predicted octanol–water partition coefficient (Wildman–Crippen LogP) is 3.93. The highest BCUT2D eigenvalue weighted by Crippen LogP contribution is 2.29. The Kier molecular flexibility index (Phi) is 4.14. The lowest BCUT2D eigenvalue weighted by Gasteiger charge is -2.33. The zero-order chi connectivity index (χ0) is 17.2. The van der Waals surface area contributed by atoms with Crippen LogP contribution in [0.1, 0.15) is 35.3 Å². The number of likely N-dealkylation sites (tertiary alicyclic amines) is 1. The van der Waals surface area contributed by atoms with Crippen LogP contribution in [-0.4, -0.2) is 33.4 Å². The molecule has 1 aliphatic rings. The summed E-state index contributed by atoms with van der Waals surface area (Å²) in [5, 5.41) is 0. The molecule has 1 aliphatic heterocycles. The molecule has 1 fully saturated rings. The molecule has 1 atom stereocenters. The Bertz CT molecular complexity index is 866. The second-order valence-electron chi connectivity index (χ2n) is 6.46. The van der Waals surface area contributed by atoms with Crippen LogP contribution in [0.4, 0.5) is 0 Å². The number of aryl methyl sites for hydroxylation is 1. The van der Waals surface area contributed by atoms with E-state index in [4.69, 9.17) is 4.42 Å². The Labute approximate surface area is 146 Å². The quantitative estimate of drug-likeness (QED) is 0.729. The van der Waals surface area contributed by atoms with E-state index in [1.165, 1.54) is 0 Å². The number of hydrogen-bond acceptors (Lipinski definition) is 3. The van der Waals surface area contributed by atoms with E-state index in [2.05, 4.69) is 9.55 Å². The van der Waals surface area contributed by atoms with Crippen LogP contribution >= 0.6 is 0 Å². The summed E-state index contributed by atoms with van der Waals surface area (Å²) in [6.45, 7) is 3.45. The predicted molar refractivity (Wildman–Crippen MR) is 95.3 cm³/mol. The van der Waals surface area contributed by atoms with E-state index in [1.807, 2.05) is 60.6 Å². The van der Waals surface area contributed by atoms with Gasteiger partial charge in [-0.25, -0.2) is 4.98 Å². The average Bonchev–Trinajstić information content (AvgIpc) is 3.31. The van der Waals surface area contributed by atoms with Gasteiger partial charge in [-0.1, -0.05) is 30.3 Å². The van der Waals surface area contributed by atoms with Gasteiger partial charge in [0.2, 0.25) is 0 Å². The third-order valence-corrected chi connectivity index (χ3v) is 4.88. The monoisotopic (exact) mass is 335 g/mol. The first-order valence-corrected chi connectivity index (χ1v) is 8.65. The number of benzene rings is 1. The zero-order valence-corrected chi connectivity index (χ0v) is 14.3. The van der Waals surface area contributed by atoms with Crippen LogP contribution < -0.4 is 0 Å². The SMILES string of the molecule is Cc1nccn1C1CCCN(C(=O)c2occc2-c2ccccc2)C1. The summed E-state index contributed by atoms with van der Waals surface area (Å²) in [6.07, 6.45) is 7.45. The van der Waals surface area contributed by atoms with Gasteiger partial charge < -0.3 is 13.9 Å². The summed E-state index contributed by atoms with van der Waals surface area (Å²) in [6, 6.07) is 12.0. The van der Waals surface area contributed by atoms with E-state index in [0.717, 1.165) is 36.3 Å². The van der Waals surface area contributed by atoms with Gasteiger partial charge in [0.1, 0.15) is 5.82 Å². The summed E-state index contributed by atoms with van der Waals surface area (Å²) in [5.41, 5.74) is 1.85. The molecule has 2 aromatic heterocycles. The molecule has 128 valence electrons. The van der Waals surface area contributed by atoms with Crippen LogP contribution in [-0.2, 0) is 0 Å². The standard InChI is InChI=1S/C20H21N3O2/c1-15-21-10-12-23(15)17-8-5-11-22(14-17)20(24)19-18(9-13-25-19)16-6-3-2-4-7-16/h2-4,6-7,9-10,12-13,17H,5,8,11,14H2,1H3. The van der Waals surface area contributed by atoms with E-state index in [-0.39, 0.29) is 11.9 Å². The average molecular weight is 335 g/mol. The molecule has 3 aromatic rings. The smallest absolute Gasteiger partial charge is 0.290 e. The van der Waals surface area contributed by atoms with Gasteiger partial charge in [0.05, 0.1) is 12.3 Å². The van der Waals surface area contributed by atoms with Crippen molar-refractivity contribution in [3.63, 3.8) is 0 Å². The van der Waals surface area contributed by atoms with Gasteiger partial charge in [-0.3, -0.25) is 4.79 Å². The Hall–Kier alpha value is -2.82. The molecular weight excluding hydrogens is 314 g/mol. The lowest BCUT2D eigenvalue weighted by Crippen LogP contribution is -2.40. The molecule has 4 rings (SSSR count). The second-order valence-corrected chi connectivity index (χ2v) is 6.46. The van der Waals surface area contributed by atoms with Crippen molar-refractivity contribution in [3.8, 4) is 11.1 Å². The molecule has 5 nitrogen and oxygen atoms in total. The van der Waals surface area contributed by atoms with Crippen molar-refractivity contribution < 1.29 is 9.21 Å². The normalized spacial score (nSPS) is 17.6. The molecule has 0 N–H and O–H groups in total. The van der Waals surface area contributed by atoms with E-state index in [0.29, 0.717) is 12.3 Å². The molecule has 3 heterocycles. The number of piperidine rings is 1. The molecule has 1 unspecified atom stereocenters. The van der Waals surface area contributed by atoms with Gasteiger partial charge in [-0.15, -0.1) is 0 Å². The summed E-state index contributed by atoms with van der Waals surface area (Å²) < 4.78 is 7.74. The highest BCUT2D eigenvalue weighted by Gasteiger charge is 2.29. The van der Waals surface area contributed by atoms with Crippen molar-refractivity contribution in [1.29, 1.82) is 0 Å². The van der Waals surface area contributed by atoms with Gasteiger partial charge in [0.25, 0.3) is 5.91 Å². The van der Waals surface area contributed by atoms with Crippen LogP contribution in [0.5, 0.6) is 0 Å². The Morgan fingerprint density at radius 3 is 2.84 bits per heavy atom. The van der Waals surface area contributed by atoms with Crippen LogP contribution in [0.3, 0.4) is 0 Å². The highest BCUT2D eigenvalue weighted by atomic mass is 16.3. The minimum atomic E-state index is -0.0358. The van der Waals surface area contributed by atoms with Crippen molar-refractivity contribution in [3.05, 3.63) is 66.6 Å². The van der Waals surface area contributed by atoms with Crippen LogP contribution in [0.25, 0.3) is 11.1 Å². The molecule has 1 saturated heterocycles. The van der Waals surface area contributed by atoms with Gasteiger partial charge in [0.15, 0.2) is 5.76 Å². The summed E-state index contributed by atoms with van der Waals surface area (Å²) in [7, 11) is 0. The fourth-order valence-corrected chi connectivity index (χ4v) is 3.60. The molecule has 25 heavy (non-hydrogen) atoms. The molecular formula is C20H21N3O2. The second kappa shape index (κ2) is 6.59. The number of imidazole rings is 1. The molecule has 0 spiro atoms. The Morgan fingerprint density at radius 1 is 1.24 bits per heavy atom. The largest absolute Gasteiger partial charge is 0.459 e. The Morgan fingerprint density at radius 2 is 2.08 bits per heavy atom. The molecule has 1 aromatic carbocycles. The number of furan rings is 1. The minimum Gasteiger partial charge on any atom is -0.459 e. The van der Waals surface area contributed by atoms with Gasteiger partial charge in [-0.2, -0.15) is 0 Å². The molecule has 5 heteroatoms. The van der Waals surface area contributed by atoms with Crippen LogP contribution in [0.2, 0.25) is 0 Å². The summed E-state index contributed by atoms with van der Waals surface area (Å²) in [4.78, 5) is 19.3. The van der Waals surface area contributed by atoms with Crippen molar-refractivity contribution in [2.24, 2.45) is 0 Å². The first-order chi connectivity index (χ1) is 12.2. The molecule has 1 amide bonds. The topological polar surface area (TPSA) is 51.3 Å². The summed E-state index contributed by atoms with van der Waals surface area (Å²) >= 11 is 0. The number of hydrogen-bond donors (Lipinski definition) is 0. The lowest BCUT2D eigenvalue weighted by atomic mass is 10.0. The molecule has 0 aliphatic carbocycles. The lowest BCUT2D eigenvalue weighted by molar-refractivity contribution is 0.0647. The number of rotatable bonds is 3. The van der Waals surface area contributed by atoms with Gasteiger partial charge in [-0.05, 0) is 31.4 Å². The number of nitrogens with zero attached hydrogens (tertiary/aromatic N) is 3. The summed E-state index contributed by atoms with van der Waals surface area (Å²) in [5.74, 6) is 1.38.